The van der Waals surface area contributed by atoms with Crippen molar-refractivity contribution in [2.75, 3.05) is 32.6 Å². The average molecular weight is 430 g/mol. The molecule has 0 rings (SSSR count). The van der Waals surface area contributed by atoms with Crippen molar-refractivity contribution in [2.24, 2.45) is 0 Å². The zero-order chi connectivity index (χ0) is 19.8. The minimum absolute atomic E-state index is 0.103. The first-order chi connectivity index (χ1) is 11.6. The Balaban J connectivity index is 5.14. The highest BCUT2D eigenvalue weighted by atomic mass is 35.5. The van der Waals surface area contributed by atoms with Gasteiger partial charge in [0, 0.05) is 14.2 Å². The first-order valence-electron chi connectivity index (χ1n) is 7.45. The summed E-state index contributed by atoms with van der Waals surface area (Å²) in [6.07, 6.45) is -8.47. The summed E-state index contributed by atoms with van der Waals surface area (Å²) >= 11 is 17.4. The van der Waals surface area contributed by atoms with Crippen molar-refractivity contribution in [1.29, 1.82) is 0 Å². The molecule has 8 atom stereocenters. The Morgan fingerprint density at radius 2 is 1.48 bits per heavy atom. The molecule has 0 aromatic carbocycles. The fraction of sp³-hybridized carbons (Fsp3) is 1.00. The van der Waals surface area contributed by atoms with Gasteiger partial charge >= 0.3 is 0 Å². The van der Waals surface area contributed by atoms with E-state index in [1.165, 1.54) is 21.1 Å². The van der Waals surface area contributed by atoms with Crippen LogP contribution in [0.25, 0.3) is 0 Å². The maximum Gasteiger partial charge on any atom is 0.183 e. The lowest BCUT2D eigenvalue weighted by Crippen LogP contribution is -2.58. The summed E-state index contributed by atoms with van der Waals surface area (Å²) in [4.78, 5) is 0. The summed E-state index contributed by atoms with van der Waals surface area (Å²) in [7, 11) is 2.58. The number of aliphatic hydroxyl groups excluding tert-OH is 5. The Morgan fingerprint density at radius 1 is 0.960 bits per heavy atom. The lowest BCUT2D eigenvalue weighted by atomic mass is 9.93. The summed E-state index contributed by atoms with van der Waals surface area (Å²) in [6, 6.07) is 0. The molecule has 25 heavy (non-hydrogen) atoms. The van der Waals surface area contributed by atoms with Crippen LogP contribution in [0.5, 0.6) is 0 Å². The molecule has 0 aromatic heterocycles. The third-order valence-electron chi connectivity index (χ3n) is 3.90. The highest BCUT2D eigenvalue weighted by Crippen LogP contribution is 2.27. The van der Waals surface area contributed by atoms with Crippen molar-refractivity contribution < 1.29 is 39.7 Å². The van der Waals surface area contributed by atoms with Crippen molar-refractivity contribution in [3.63, 3.8) is 0 Å². The van der Waals surface area contributed by atoms with E-state index in [1.54, 1.807) is 0 Å². The van der Waals surface area contributed by atoms with Gasteiger partial charge in [-0.15, -0.1) is 34.8 Å². The van der Waals surface area contributed by atoms with E-state index < -0.39 is 54.4 Å². The zero-order valence-electron chi connectivity index (χ0n) is 14.3. The summed E-state index contributed by atoms with van der Waals surface area (Å²) < 4.78 is 15.1. The maximum absolute atomic E-state index is 10.4. The van der Waals surface area contributed by atoms with Crippen LogP contribution in [0.15, 0.2) is 0 Å². The smallest absolute Gasteiger partial charge is 0.183 e. The molecule has 0 amide bonds. The number of methoxy groups -OCH3 is 2. The van der Waals surface area contributed by atoms with Crippen LogP contribution < -0.4 is 0 Å². The van der Waals surface area contributed by atoms with E-state index in [2.05, 4.69) is 0 Å². The Morgan fingerprint density at radius 3 is 1.84 bits per heavy atom. The van der Waals surface area contributed by atoms with E-state index in [0.717, 1.165) is 0 Å². The molecule has 0 saturated heterocycles. The molecule has 5 N–H and O–H groups in total. The van der Waals surface area contributed by atoms with Gasteiger partial charge in [-0.25, -0.2) is 0 Å². The van der Waals surface area contributed by atoms with Gasteiger partial charge in [0.25, 0.3) is 0 Å². The van der Waals surface area contributed by atoms with E-state index in [4.69, 9.17) is 54.1 Å². The predicted molar refractivity (Wildman–Crippen MR) is 93.3 cm³/mol. The third kappa shape index (κ3) is 6.90. The highest BCUT2D eigenvalue weighted by molar-refractivity contribution is 6.21. The maximum atomic E-state index is 10.4. The second-order valence-electron chi connectivity index (χ2n) is 5.71. The zero-order valence-corrected chi connectivity index (χ0v) is 16.5. The molecule has 0 fully saturated rings. The van der Waals surface area contributed by atoms with Gasteiger partial charge in [0.2, 0.25) is 0 Å². The third-order valence-corrected chi connectivity index (χ3v) is 5.27. The minimum Gasteiger partial charge on any atom is -0.394 e. The second kappa shape index (κ2) is 12.1. The van der Waals surface area contributed by atoms with Gasteiger partial charge in [0.05, 0.1) is 36.0 Å². The molecule has 0 heterocycles. The lowest BCUT2D eigenvalue weighted by molar-refractivity contribution is -0.256. The first kappa shape index (κ1) is 25.6. The number of hydrogen-bond donors (Lipinski definition) is 5. The van der Waals surface area contributed by atoms with Gasteiger partial charge in [0.15, 0.2) is 6.29 Å². The number of aliphatic hydroxyl groups is 5. The second-order valence-corrected chi connectivity index (χ2v) is 6.79. The number of rotatable bonds is 13. The van der Waals surface area contributed by atoms with Crippen molar-refractivity contribution in [3.8, 4) is 0 Å². The lowest BCUT2D eigenvalue weighted by Gasteiger charge is -2.40. The topological polar surface area (TPSA) is 129 Å². The average Bonchev–Trinajstić information content (AvgIpc) is 2.61. The van der Waals surface area contributed by atoms with Gasteiger partial charge in [-0.05, 0) is 6.92 Å². The molecule has 0 radical (unpaired) electrons. The van der Waals surface area contributed by atoms with Crippen LogP contribution >= 0.6 is 34.8 Å². The monoisotopic (exact) mass is 428 g/mol. The molecule has 0 saturated carbocycles. The Hall–Kier alpha value is 0.550. The molecule has 0 aliphatic carbocycles. The van der Waals surface area contributed by atoms with Gasteiger partial charge < -0.3 is 39.7 Å². The van der Waals surface area contributed by atoms with Crippen LogP contribution in [0.2, 0.25) is 0 Å². The molecular weight excluding hydrogens is 403 g/mol. The van der Waals surface area contributed by atoms with Crippen molar-refractivity contribution in [3.05, 3.63) is 0 Å². The van der Waals surface area contributed by atoms with Crippen LogP contribution in [0.3, 0.4) is 0 Å². The van der Waals surface area contributed by atoms with Crippen LogP contribution in [0.1, 0.15) is 6.92 Å². The molecule has 8 nitrogen and oxygen atoms in total. The molecule has 0 aliphatic heterocycles. The van der Waals surface area contributed by atoms with Crippen molar-refractivity contribution in [1.82, 2.24) is 0 Å². The summed E-state index contributed by atoms with van der Waals surface area (Å²) in [5.41, 5.74) is -1.66. The van der Waals surface area contributed by atoms with Crippen LogP contribution in [-0.2, 0) is 14.2 Å². The van der Waals surface area contributed by atoms with Crippen LogP contribution in [-0.4, -0.2) is 106 Å². The SMILES string of the molecule is COC(CCl)C(O)C(O)[C@](C)(CCl)OC(O)C(O)C(Cl)C(CO)OC. The number of ether oxygens (including phenoxy) is 3. The molecule has 7 unspecified atom stereocenters. The molecule has 0 bridgehead atoms. The van der Waals surface area contributed by atoms with Crippen LogP contribution in [0.4, 0.5) is 0 Å². The van der Waals surface area contributed by atoms with Crippen molar-refractivity contribution in [2.45, 2.75) is 54.7 Å². The Labute approximate surface area is 162 Å². The van der Waals surface area contributed by atoms with Gasteiger partial charge in [-0.1, -0.05) is 0 Å². The molecular formula is C14H27Cl3O8. The predicted octanol–water partition coefficient (Wildman–Crippen LogP) is -0.730. The summed E-state index contributed by atoms with van der Waals surface area (Å²) in [5.74, 6) is -0.442. The van der Waals surface area contributed by atoms with Gasteiger partial charge in [-0.2, -0.15) is 0 Å². The summed E-state index contributed by atoms with van der Waals surface area (Å²) in [6.45, 7) is 0.835. The molecule has 0 aromatic rings. The number of alkyl halides is 3. The normalized spacial score (nSPS) is 23.2. The van der Waals surface area contributed by atoms with Gasteiger partial charge in [-0.3, -0.25) is 0 Å². The number of halogens is 3. The Kier molecular flexibility index (Phi) is 12.4. The fourth-order valence-corrected chi connectivity index (χ4v) is 2.90. The molecule has 0 aliphatic rings. The standard InChI is InChI=1S/C14H27Cl3O8/c1-14(6-16,12(21)10(19)7(4-15)23-2)25-13(22)11(20)9(17)8(5-18)24-3/h7-13,18-22H,4-6H2,1-3H3/t7?,8?,9?,10?,11?,12?,13?,14-/m0/s1. The van der Waals surface area contributed by atoms with Gasteiger partial charge in [0.1, 0.15) is 23.9 Å². The summed E-state index contributed by atoms with van der Waals surface area (Å²) in [5, 5.41) is 48.6. The molecule has 11 heteroatoms. The molecule has 152 valence electrons. The van der Waals surface area contributed by atoms with E-state index >= 15 is 0 Å². The van der Waals surface area contributed by atoms with Crippen molar-refractivity contribution >= 4 is 34.8 Å². The quantitative estimate of drug-likeness (QED) is 0.191. The minimum atomic E-state index is -1.88. The highest BCUT2D eigenvalue weighted by Gasteiger charge is 2.45. The first-order valence-corrected chi connectivity index (χ1v) is 8.96. The van der Waals surface area contributed by atoms with E-state index in [9.17, 15) is 20.4 Å². The fourth-order valence-electron chi connectivity index (χ4n) is 2.07. The number of hydrogen-bond acceptors (Lipinski definition) is 8. The Bertz CT molecular complexity index is 359. The van der Waals surface area contributed by atoms with E-state index in [0.29, 0.717) is 0 Å². The van der Waals surface area contributed by atoms with E-state index in [1.807, 2.05) is 0 Å². The molecule has 0 spiro atoms. The largest absolute Gasteiger partial charge is 0.394 e. The van der Waals surface area contributed by atoms with E-state index in [-0.39, 0.29) is 11.8 Å². The van der Waals surface area contributed by atoms with Crippen LogP contribution in [0, 0.1) is 0 Å².